The number of halogens is 1. The van der Waals surface area contributed by atoms with Gasteiger partial charge in [-0.1, -0.05) is 13.8 Å². The minimum atomic E-state index is 0.205. The Labute approximate surface area is 123 Å². The van der Waals surface area contributed by atoms with Crippen molar-refractivity contribution in [3.05, 3.63) is 17.4 Å². The van der Waals surface area contributed by atoms with Gasteiger partial charge in [-0.05, 0) is 23.6 Å². The number of ether oxygens (including phenoxy) is 2. The molecule has 0 aliphatic heterocycles. The molecule has 0 radical (unpaired) electrons. The van der Waals surface area contributed by atoms with Crippen molar-refractivity contribution in [2.24, 2.45) is 5.92 Å². The molecule has 2 aromatic rings. The van der Waals surface area contributed by atoms with E-state index in [-0.39, 0.29) is 5.28 Å². The van der Waals surface area contributed by atoms with Crippen LogP contribution in [0.15, 0.2) is 12.1 Å². The van der Waals surface area contributed by atoms with Crippen LogP contribution in [-0.4, -0.2) is 30.7 Å². The Morgan fingerprint density at radius 2 is 1.80 bits per heavy atom. The Balaban J connectivity index is 2.56. The maximum atomic E-state index is 5.97. The molecule has 0 aliphatic rings. The molecule has 108 valence electrons. The van der Waals surface area contributed by atoms with Crippen molar-refractivity contribution in [3.8, 4) is 11.5 Å². The molecule has 0 atom stereocenters. The first-order valence-corrected chi connectivity index (χ1v) is 6.76. The fourth-order valence-electron chi connectivity index (χ4n) is 1.86. The number of fused-ring (bicyclic) bond motifs is 1. The summed E-state index contributed by atoms with van der Waals surface area (Å²) in [6.07, 6.45) is 0. The third-order valence-corrected chi connectivity index (χ3v) is 3.02. The van der Waals surface area contributed by atoms with Crippen molar-refractivity contribution in [2.75, 3.05) is 26.1 Å². The first-order valence-electron chi connectivity index (χ1n) is 6.38. The monoisotopic (exact) mass is 295 g/mol. The molecule has 0 unspecified atom stereocenters. The molecule has 1 aromatic heterocycles. The van der Waals surface area contributed by atoms with Crippen LogP contribution in [0.25, 0.3) is 10.9 Å². The molecule has 1 heterocycles. The predicted octanol–water partition coefficient (Wildman–Crippen LogP) is 3.37. The van der Waals surface area contributed by atoms with Gasteiger partial charge >= 0.3 is 0 Å². The Hall–Kier alpha value is -1.75. The summed E-state index contributed by atoms with van der Waals surface area (Å²) in [5.74, 6) is 2.46. The van der Waals surface area contributed by atoms with E-state index in [2.05, 4.69) is 29.1 Å². The van der Waals surface area contributed by atoms with Crippen LogP contribution in [0, 0.1) is 5.92 Å². The van der Waals surface area contributed by atoms with Gasteiger partial charge in [0.1, 0.15) is 5.82 Å². The van der Waals surface area contributed by atoms with E-state index in [4.69, 9.17) is 21.1 Å². The van der Waals surface area contributed by atoms with Gasteiger partial charge in [0, 0.05) is 18.0 Å². The van der Waals surface area contributed by atoms with Crippen LogP contribution in [0.5, 0.6) is 11.5 Å². The van der Waals surface area contributed by atoms with Gasteiger partial charge in [0.25, 0.3) is 0 Å². The van der Waals surface area contributed by atoms with Gasteiger partial charge in [0.15, 0.2) is 11.5 Å². The third-order valence-electron chi connectivity index (χ3n) is 2.85. The number of aromatic nitrogens is 2. The van der Waals surface area contributed by atoms with Crippen molar-refractivity contribution < 1.29 is 9.47 Å². The lowest BCUT2D eigenvalue weighted by Crippen LogP contribution is -2.10. The molecule has 20 heavy (non-hydrogen) atoms. The highest BCUT2D eigenvalue weighted by Gasteiger charge is 2.12. The average Bonchev–Trinajstić information content (AvgIpc) is 2.42. The Morgan fingerprint density at radius 1 is 1.15 bits per heavy atom. The molecule has 0 bridgehead atoms. The van der Waals surface area contributed by atoms with Crippen molar-refractivity contribution in [1.82, 2.24) is 9.97 Å². The summed E-state index contributed by atoms with van der Waals surface area (Å²) in [5, 5.41) is 4.34. The summed E-state index contributed by atoms with van der Waals surface area (Å²) in [4.78, 5) is 8.48. The van der Waals surface area contributed by atoms with Crippen LogP contribution in [0.2, 0.25) is 5.28 Å². The molecular formula is C14H18ClN3O2. The van der Waals surface area contributed by atoms with Crippen LogP contribution < -0.4 is 14.8 Å². The number of nitrogens with one attached hydrogen (secondary N) is 1. The molecule has 1 N–H and O–H groups in total. The lowest BCUT2D eigenvalue weighted by molar-refractivity contribution is 0.356. The summed E-state index contributed by atoms with van der Waals surface area (Å²) in [5.41, 5.74) is 0.717. The van der Waals surface area contributed by atoms with Crippen LogP contribution >= 0.6 is 11.6 Å². The second-order valence-corrected chi connectivity index (χ2v) is 5.18. The molecular weight excluding hydrogens is 278 g/mol. The van der Waals surface area contributed by atoms with E-state index in [1.165, 1.54) is 0 Å². The second-order valence-electron chi connectivity index (χ2n) is 4.84. The smallest absolute Gasteiger partial charge is 0.224 e. The number of anilines is 1. The zero-order valence-electron chi connectivity index (χ0n) is 12.0. The highest BCUT2D eigenvalue weighted by molar-refractivity contribution is 6.28. The second kappa shape index (κ2) is 6.13. The average molecular weight is 296 g/mol. The molecule has 2 rings (SSSR count). The number of rotatable bonds is 5. The highest BCUT2D eigenvalue weighted by Crippen LogP contribution is 2.34. The van der Waals surface area contributed by atoms with E-state index in [9.17, 15) is 0 Å². The van der Waals surface area contributed by atoms with Crippen molar-refractivity contribution in [2.45, 2.75) is 13.8 Å². The van der Waals surface area contributed by atoms with E-state index in [1.54, 1.807) is 20.3 Å². The molecule has 1 aromatic carbocycles. The van der Waals surface area contributed by atoms with Gasteiger partial charge in [-0.15, -0.1) is 0 Å². The van der Waals surface area contributed by atoms with Gasteiger partial charge in [0.2, 0.25) is 5.28 Å². The molecule has 0 aliphatic carbocycles. The van der Waals surface area contributed by atoms with E-state index in [0.29, 0.717) is 28.8 Å². The zero-order chi connectivity index (χ0) is 14.7. The van der Waals surface area contributed by atoms with Gasteiger partial charge in [-0.25, -0.2) is 9.97 Å². The third kappa shape index (κ3) is 3.04. The topological polar surface area (TPSA) is 56.3 Å². The maximum Gasteiger partial charge on any atom is 0.224 e. The molecule has 5 nitrogen and oxygen atoms in total. The summed E-state index contributed by atoms with van der Waals surface area (Å²) >= 11 is 5.97. The molecule has 6 heteroatoms. The predicted molar refractivity (Wildman–Crippen MR) is 81.0 cm³/mol. The number of hydrogen-bond donors (Lipinski definition) is 1. The maximum absolute atomic E-state index is 5.97. The minimum Gasteiger partial charge on any atom is -0.493 e. The molecule has 0 fully saturated rings. The summed E-state index contributed by atoms with van der Waals surface area (Å²) in [6, 6.07) is 3.65. The minimum absolute atomic E-state index is 0.205. The molecule has 0 amide bonds. The van der Waals surface area contributed by atoms with E-state index in [1.807, 2.05) is 6.07 Å². The number of nitrogens with zero attached hydrogens (tertiary/aromatic N) is 2. The molecule has 0 saturated carbocycles. The van der Waals surface area contributed by atoms with Crippen molar-refractivity contribution in [3.63, 3.8) is 0 Å². The standard InChI is InChI=1S/C14H18ClN3O2/c1-8(2)7-16-13-9-5-11(19-3)12(20-4)6-10(9)17-14(15)18-13/h5-6,8H,7H2,1-4H3,(H,16,17,18). The lowest BCUT2D eigenvalue weighted by atomic mass is 10.2. The van der Waals surface area contributed by atoms with Gasteiger partial charge in [0.05, 0.1) is 19.7 Å². The number of methoxy groups -OCH3 is 2. The lowest BCUT2D eigenvalue weighted by Gasteiger charge is -2.13. The first-order chi connectivity index (χ1) is 9.55. The Morgan fingerprint density at radius 3 is 2.40 bits per heavy atom. The molecule has 0 spiro atoms. The van der Waals surface area contributed by atoms with Gasteiger partial charge < -0.3 is 14.8 Å². The quantitative estimate of drug-likeness (QED) is 0.857. The number of hydrogen-bond acceptors (Lipinski definition) is 5. The summed E-state index contributed by atoms with van der Waals surface area (Å²) in [7, 11) is 3.19. The van der Waals surface area contributed by atoms with E-state index in [0.717, 1.165) is 11.9 Å². The SMILES string of the molecule is COc1cc2nc(Cl)nc(NCC(C)C)c2cc1OC. The first kappa shape index (κ1) is 14.7. The normalized spacial score (nSPS) is 10.9. The summed E-state index contributed by atoms with van der Waals surface area (Å²) < 4.78 is 10.6. The van der Waals surface area contributed by atoms with Crippen LogP contribution in [0.1, 0.15) is 13.8 Å². The largest absolute Gasteiger partial charge is 0.493 e. The van der Waals surface area contributed by atoms with E-state index < -0.39 is 0 Å². The van der Waals surface area contributed by atoms with Gasteiger partial charge in [-0.3, -0.25) is 0 Å². The van der Waals surface area contributed by atoms with Crippen LogP contribution in [0.4, 0.5) is 5.82 Å². The Kier molecular flexibility index (Phi) is 4.49. The van der Waals surface area contributed by atoms with Crippen molar-refractivity contribution >= 4 is 28.3 Å². The van der Waals surface area contributed by atoms with Gasteiger partial charge in [-0.2, -0.15) is 0 Å². The number of benzene rings is 1. The fourth-order valence-corrected chi connectivity index (χ4v) is 2.04. The molecule has 0 saturated heterocycles. The van der Waals surface area contributed by atoms with Crippen LogP contribution in [-0.2, 0) is 0 Å². The van der Waals surface area contributed by atoms with Crippen molar-refractivity contribution in [1.29, 1.82) is 0 Å². The highest BCUT2D eigenvalue weighted by atomic mass is 35.5. The summed E-state index contributed by atoms with van der Waals surface area (Å²) in [6.45, 7) is 5.06. The fraction of sp³-hybridized carbons (Fsp3) is 0.429. The van der Waals surface area contributed by atoms with Crippen LogP contribution in [0.3, 0.4) is 0 Å². The van der Waals surface area contributed by atoms with E-state index >= 15 is 0 Å². The zero-order valence-corrected chi connectivity index (χ0v) is 12.8. The Bertz CT molecular complexity index is 617.